The van der Waals surface area contributed by atoms with E-state index in [2.05, 4.69) is 6.58 Å². The van der Waals surface area contributed by atoms with E-state index >= 15 is 0 Å². The number of hydrogen-bond donors (Lipinski definition) is 0. The van der Waals surface area contributed by atoms with Crippen LogP contribution in [0.15, 0.2) is 36.1 Å². The van der Waals surface area contributed by atoms with Crippen LogP contribution in [0.1, 0.15) is 19.3 Å². The van der Waals surface area contributed by atoms with Gasteiger partial charge in [-0.25, -0.2) is 0 Å². The molecule has 2 aliphatic carbocycles. The van der Waals surface area contributed by atoms with E-state index in [1.54, 1.807) is 19.3 Å². The molecule has 0 radical (unpaired) electrons. The molecular formula is C12H14O2. The lowest BCUT2D eigenvalue weighted by molar-refractivity contribution is -0.110. The van der Waals surface area contributed by atoms with Crippen LogP contribution in [0.5, 0.6) is 0 Å². The van der Waals surface area contributed by atoms with Crippen LogP contribution in [0, 0.1) is 5.41 Å². The highest BCUT2D eigenvalue weighted by atomic mass is 16.5. The first-order valence-electron chi connectivity index (χ1n) is 4.87. The van der Waals surface area contributed by atoms with Crippen molar-refractivity contribution in [2.45, 2.75) is 19.3 Å². The summed E-state index contributed by atoms with van der Waals surface area (Å²) in [4.78, 5) is 11.2. The second-order valence-electron chi connectivity index (χ2n) is 3.88. The fourth-order valence-corrected chi connectivity index (χ4v) is 2.33. The third-order valence-electron chi connectivity index (χ3n) is 3.15. The van der Waals surface area contributed by atoms with Gasteiger partial charge in [-0.15, -0.1) is 0 Å². The molecule has 0 aliphatic heterocycles. The molecular weight excluding hydrogens is 176 g/mol. The number of carbonyl (C=O) groups excluding carboxylic acids is 1. The summed E-state index contributed by atoms with van der Waals surface area (Å²) in [6.07, 6.45) is 8.31. The quantitative estimate of drug-likeness (QED) is 0.593. The molecule has 2 nitrogen and oxygen atoms in total. The van der Waals surface area contributed by atoms with E-state index < -0.39 is 0 Å². The number of ether oxygens (including phenoxy) is 1. The van der Waals surface area contributed by atoms with E-state index in [0.717, 1.165) is 30.6 Å². The van der Waals surface area contributed by atoms with Crippen LogP contribution in [0.2, 0.25) is 0 Å². The Morgan fingerprint density at radius 3 is 2.93 bits per heavy atom. The Labute approximate surface area is 83.9 Å². The standard InChI is InChI=1S/C12H14O2/c1-9-4-3-6-12(9)7-5-10(13)8-11(12)14-2/h5,7-8H,1,3-4,6H2,2H3. The average Bonchev–Trinajstić information content (AvgIpc) is 2.53. The first kappa shape index (κ1) is 9.25. The average molecular weight is 190 g/mol. The van der Waals surface area contributed by atoms with Crippen LogP contribution in [0.4, 0.5) is 0 Å². The predicted molar refractivity (Wildman–Crippen MR) is 54.7 cm³/mol. The number of hydrogen-bond acceptors (Lipinski definition) is 2. The molecule has 0 saturated heterocycles. The molecule has 0 amide bonds. The molecule has 74 valence electrons. The minimum atomic E-state index is -0.178. The first-order valence-corrected chi connectivity index (χ1v) is 4.87. The van der Waals surface area contributed by atoms with Crippen molar-refractivity contribution in [1.29, 1.82) is 0 Å². The smallest absolute Gasteiger partial charge is 0.181 e. The van der Waals surface area contributed by atoms with Crippen LogP contribution in [0.3, 0.4) is 0 Å². The number of ketones is 1. The van der Waals surface area contributed by atoms with Crippen LogP contribution in [0.25, 0.3) is 0 Å². The van der Waals surface area contributed by atoms with Gasteiger partial charge < -0.3 is 4.74 Å². The van der Waals surface area contributed by atoms with Gasteiger partial charge in [0.1, 0.15) is 5.76 Å². The second kappa shape index (κ2) is 3.12. The third-order valence-corrected chi connectivity index (χ3v) is 3.15. The van der Waals surface area contributed by atoms with Crippen molar-refractivity contribution in [2.24, 2.45) is 5.41 Å². The number of rotatable bonds is 1. The number of methoxy groups -OCH3 is 1. The molecule has 0 aromatic carbocycles. The summed E-state index contributed by atoms with van der Waals surface area (Å²) in [7, 11) is 1.62. The Hall–Kier alpha value is -1.31. The van der Waals surface area contributed by atoms with Gasteiger partial charge in [0.15, 0.2) is 5.78 Å². The summed E-state index contributed by atoms with van der Waals surface area (Å²) in [6, 6.07) is 0. The van der Waals surface area contributed by atoms with Crippen molar-refractivity contribution >= 4 is 5.78 Å². The van der Waals surface area contributed by atoms with Gasteiger partial charge in [0, 0.05) is 6.08 Å². The Morgan fingerprint density at radius 1 is 1.57 bits per heavy atom. The molecule has 2 aliphatic rings. The summed E-state index contributed by atoms with van der Waals surface area (Å²) in [5.41, 5.74) is 0.984. The molecule has 0 aromatic heterocycles. The first-order chi connectivity index (χ1) is 6.69. The second-order valence-corrected chi connectivity index (χ2v) is 3.88. The summed E-state index contributed by atoms with van der Waals surface area (Å²) < 4.78 is 5.30. The molecule has 1 fully saturated rings. The van der Waals surface area contributed by atoms with Crippen LogP contribution < -0.4 is 0 Å². The Bertz CT molecular complexity index is 349. The fraction of sp³-hybridized carbons (Fsp3) is 0.417. The van der Waals surface area contributed by atoms with Crippen LogP contribution >= 0.6 is 0 Å². The van der Waals surface area contributed by atoms with Gasteiger partial charge in [-0.05, 0) is 25.3 Å². The number of carbonyl (C=O) groups is 1. The third kappa shape index (κ3) is 1.14. The molecule has 0 bridgehead atoms. The van der Waals surface area contributed by atoms with Crippen LogP contribution in [-0.2, 0) is 9.53 Å². The normalized spacial score (nSPS) is 31.1. The van der Waals surface area contributed by atoms with Gasteiger partial charge in [-0.2, -0.15) is 0 Å². The van der Waals surface area contributed by atoms with Crippen molar-refractivity contribution in [3.63, 3.8) is 0 Å². The van der Waals surface area contributed by atoms with E-state index in [0.29, 0.717) is 0 Å². The van der Waals surface area contributed by atoms with Gasteiger partial charge in [0.2, 0.25) is 0 Å². The van der Waals surface area contributed by atoms with Gasteiger partial charge in [0.25, 0.3) is 0 Å². The largest absolute Gasteiger partial charge is 0.500 e. The lowest BCUT2D eigenvalue weighted by Gasteiger charge is -2.30. The van der Waals surface area contributed by atoms with Gasteiger partial charge in [-0.1, -0.05) is 18.2 Å². The maximum Gasteiger partial charge on any atom is 0.181 e. The zero-order valence-corrected chi connectivity index (χ0v) is 8.38. The molecule has 1 atom stereocenters. The van der Waals surface area contributed by atoms with Crippen molar-refractivity contribution in [1.82, 2.24) is 0 Å². The zero-order chi connectivity index (χ0) is 10.2. The highest BCUT2D eigenvalue weighted by molar-refractivity contribution is 6.01. The summed E-state index contributed by atoms with van der Waals surface area (Å²) in [5.74, 6) is 0.764. The Balaban J connectivity index is 2.44. The van der Waals surface area contributed by atoms with Gasteiger partial charge in [-0.3, -0.25) is 4.79 Å². The maximum atomic E-state index is 11.2. The van der Waals surface area contributed by atoms with E-state index in [4.69, 9.17) is 4.74 Å². The zero-order valence-electron chi connectivity index (χ0n) is 8.38. The van der Waals surface area contributed by atoms with Gasteiger partial charge in [0.05, 0.1) is 12.5 Å². The lowest BCUT2D eigenvalue weighted by atomic mass is 9.77. The molecule has 2 heteroatoms. The Morgan fingerprint density at radius 2 is 2.36 bits per heavy atom. The molecule has 14 heavy (non-hydrogen) atoms. The van der Waals surface area contributed by atoms with Crippen molar-refractivity contribution in [3.8, 4) is 0 Å². The summed E-state index contributed by atoms with van der Waals surface area (Å²) in [5, 5.41) is 0. The molecule has 1 spiro atoms. The Kier molecular flexibility index (Phi) is 2.06. The van der Waals surface area contributed by atoms with E-state index in [1.807, 2.05) is 6.08 Å². The monoisotopic (exact) mass is 190 g/mol. The van der Waals surface area contributed by atoms with E-state index in [9.17, 15) is 4.79 Å². The highest BCUT2D eigenvalue weighted by Crippen LogP contribution is 2.50. The highest BCUT2D eigenvalue weighted by Gasteiger charge is 2.41. The fourth-order valence-electron chi connectivity index (χ4n) is 2.33. The molecule has 0 heterocycles. The SMILES string of the molecule is C=C1CCCC12C=CC(=O)C=C2OC. The number of allylic oxidation sites excluding steroid dienone is 3. The molecule has 1 saturated carbocycles. The minimum Gasteiger partial charge on any atom is -0.500 e. The maximum absolute atomic E-state index is 11.2. The lowest BCUT2D eigenvalue weighted by Crippen LogP contribution is -2.23. The molecule has 0 N–H and O–H groups in total. The topological polar surface area (TPSA) is 26.3 Å². The molecule has 0 aromatic rings. The predicted octanol–water partition coefficient (Wildman–Crippen LogP) is 2.38. The van der Waals surface area contributed by atoms with Gasteiger partial charge >= 0.3 is 0 Å². The summed E-state index contributed by atoms with van der Waals surface area (Å²) >= 11 is 0. The van der Waals surface area contributed by atoms with Crippen molar-refractivity contribution < 1.29 is 9.53 Å². The van der Waals surface area contributed by atoms with Crippen LogP contribution in [-0.4, -0.2) is 12.9 Å². The van der Waals surface area contributed by atoms with Crippen molar-refractivity contribution in [3.05, 3.63) is 36.1 Å². The molecule has 2 rings (SSSR count). The van der Waals surface area contributed by atoms with Crippen molar-refractivity contribution in [2.75, 3.05) is 7.11 Å². The van der Waals surface area contributed by atoms with E-state index in [-0.39, 0.29) is 11.2 Å². The van der Waals surface area contributed by atoms with E-state index in [1.165, 1.54) is 0 Å². The minimum absolute atomic E-state index is 0.00664. The summed E-state index contributed by atoms with van der Waals surface area (Å²) in [6.45, 7) is 4.07. The molecule has 1 unspecified atom stereocenters.